The van der Waals surface area contributed by atoms with E-state index in [2.05, 4.69) is 15.3 Å². The van der Waals surface area contributed by atoms with Crippen molar-refractivity contribution in [3.05, 3.63) is 17.4 Å². The third kappa shape index (κ3) is 5.17. The van der Waals surface area contributed by atoms with Gasteiger partial charge < -0.3 is 11.1 Å². The fourth-order valence-corrected chi connectivity index (χ4v) is 1.13. The molecule has 0 spiro atoms. The molecule has 0 aliphatic carbocycles. The highest BCUT2D eigenvalue weighted by Crippen LogP contribution is 2.05. The molecule has 0 bridgehead atoms. The Hall–Kier alpha value is -1.36. The number of rotatable bonds is 6. The first-order chi connectivity index (χ1) is 7.18. The van der Waals surface area contributed by atoms with Crippen molar-refractivity contribution in [2.24, 2.45) is 5.73 Å². The van der Waals surface area contributed by atoms with Gasteiger partial charge in [-0.15, -0.1) is 0 Å². The molecule has 0 saturated heterocycles. The summed E-state index contributed by atoms with van der Waals surface area (Å²) in [7, 11) is 0. The van der Waals surface area contributed by atoms with Crippen LogP contribution >= 0.6 is 11.6 Å². The number of carbonyl (C=O) groups is 1. The topological polar surface area (TPSA) is 80.9 Å². The van der Waals surface area contributed by atoms with Crippen molar-refractivity contribution in [3.63, 3.8) is 0 Å². The number of hydrogen-bond acceptors (Lipinski definition) is 4. The first kappa shape index (κ1) is 11.7. The predicted octanol–water partition coefficient (Wildman–Crippen LogP) is 1.20. The van der Waals surface area contributed by atoms with Crippen LogP contribution in [0.4, 0.5) is 5.95 Å². The average molecular weight is 229 g/mol. The average Bonchev–Trinajstić information content (AvgIpc) is 2.20. The lowest BCUT2D eigenvalue weighted by molar-refractivity contribution is -0.118. The Morgan fingerprint density at radius 2 is 2.07 bits per heavy atom. The smallest absolute Gasteiger partial charge is 0.222 e. The van der Waals surface area contributed by atoms with Crippen molar-refractivity contribution in [1.29, 1.82) is 0 Å². The molecule has 1 aromatic heterocycles. The standard InChI is InChI=1S/C9H13ClN4O/c10-7-5-13-9(14-6-7)12-4-2-1-3-8(11)15/h5-6H,1-4H2,(H2,11,15)(H,12,13,14). The van der Waals surface area contributed by atoms with Gasteiger partial charge in [-0.1, -0.05) is 11.6 Å². The Balaban J connectivity index is 2.15. The lowest BCUT2D eigenvalue weighted by atomic mass is 10.2. The highest BCUT2D eigenvalue weighted by atomic mass is 35.5. The molecular weight excluding hydrogens is 216 g/mol. The number of nitrogens with one attached hydrogen (secondary N) is 1. The second kappa shape index (κ2) is 6.19. The number of carbonyl (C=O) groups excluding carboxylic acids is 1. The lowest BCUT2D eigenvalue weighted by Gasteiger charge is -2.03. The van der Waals surface area contributed by atoms with E-state index in [-0.39, 0.29) is 5.91 Å². The molecular formula is C9H13ClN4O. The minimum Gasteiger partial charge on any atom is -0.370 e. The van der Waals surface area contributed by atoms with Crippen molar-refractivity contribution in [2.45, 2.75) is 19.3 Å². The second-order valence-corrected chi connectivity index (χ2v) is 3.51. The van der Waals surface area contributed by atoms with Crippen LogP contribution in [0.5, 0.6) is 0 Å². The van der Waals surface area contributed by atoms with Gasteiger partial charge in [-0.3, -0.25) is 4.79 Å². The SMILES string of the molecule is NC(=O)CCCCNc1ncc(Cl)cn1. The van der Waals surface area contributed by atoms with Gasteiger partial charge in [0, 0.05) is 13.0 Å². The van der Waals surface area contributed by atoms with Gasteiger partial charge in [-0.2, -0.15) is 0 Å². The molecule has 0 radical (unpaired) electrons. The van der Waals surface area contributed by atoms with Gasteiger partial charge in [-0.25, -0.2) is 9.97 Å². The lowest BCUT2D eigenvalue weighted by Crippen LogP contribution is -2.11. The molecule has 0 unspecified atom stereocenters. The number of nitrogens with two attached hydrogens (primary N) is 1. The summed E-state index contributed by atoms with van der Waals surface area (Å²) in [5.74, 6) is 0.274. The number of aromatic nitrogens is 2. The van der Waals surface area contributed by atoms with Crippen LogP contribution in [-0.4, -0.2) is 22.4 Å². The van der Waals surface area contributed by atoms with E-state index in [9.17, 15) is 4.79 Å². The molecule has 1 amide bonds. The quantitative estimate of drug-likeness (QED) is 0.717. The van der Waals surface area contributed by atoms with E-state index < -0.39 is 0 Å². The van der Waals surface area contributed by atoms with Crippen molar-refractivity contribution < 1.29 is 4.79 Å². The van der Waals surface area contributed by atoms with Gasteiger partial charge in [0.1, 0.15) is 0 Å². The van der Waals surface area contributed by atoms with Crippen molar-refractivity contribution >= 4 is 23.5 Å². The summed E-state index contributed by atoms with van der Waals surface area (Å²) in [6.07, 6.45) is 5.11. The number of halogens is 1. The monoisotopic (exact) mass is 228 g/mol. The molecule has 0 aliphatic rings. The summed E-state index contributed by atoms with van der Waals surface area (Å²) in [6, 6.07) is 0. The summed E-state index contributed by atoms with van der Waals surface area (Å²) in [5.41, 5.74) is 5.00. The number of anilines is 1. The molecule has 1 rings (SSSR count). The Labute approximate surface area is 93.0 Å². The van der Waals surface area contributed by atoms with Crippen LogP contribution in [0.1, 0.15) is 19.3 Å². The summed E-state index contributed by atoms with van der Waals surface area (Å²) in [6.45, 7) is 0.717. The van der Waals surface area contributed by atoms with Crippen LogP contribution in [0.15, 0.2) is 12.4 Å². The van der Waals surface area contributed by atoms with Gasteiger partial charge in [0.2, 0.25) is 11.9 Å². The third-order valence-corrected chi connectivity index (χ3v) is 1.95. The van der Waals surface area contributed by atoms with E-state index in [1.54, 1.807) is 0 Å². The van der Waals surface area contributed by atoms with Gasteiger partial charge in [0.15, 0.2) is 0 Å². The maximum Gasteiger partial charge on any atom is 0.222 e. The minimum atomic E-state index is -0.266. The van der Waals surface area contributed by atoms with Crippen LogP contribution in [0.2, 0.25) is 5.02 Å². The third-order valence-electron chi connectivity index (χ3n) is 1.75. The van der Waals surface area contributed by atoms with E-state index >= 15 is 0 Å². The van der Waals surface area contributed by atoms with Gasteiger partial charge in [0.25, 0.3) is 0 Å². The van der Waals surface area contributed by atoms with Crippen molar-refractivity contribution in [3.8, 4) is 0 Å². The van der Waals surface area contributed by atoms with E-state index in [4.69, 9.17) is 17.3 Å². The normalized spacial score (nSPS) is 9.93. The maximum absolute atomic E-state index is 10.4. The van der Waals surface area contributed by atoms with E-state index in [1.807, 2.05) is 0 Å². The van der Waals surface area contributed by atoms with Gasteiger partial charge in [0.05, 0.1) is 17.4 Å². The second-order valence-electron chi connectivity index (χ2n) is 3.08. The molecule has 0 fully saturated rings. The maximum atomic E-state index is 10.4. The summed E-state index contributed by atoms with van der Waals surface area (Å²) in [4.78, 5) is 18.4. The fourth-order valence-electron chi connectivity index (χ4n) is 1.03. The summed E-state index contributed by atoms with van der Waals surface area (Å²) >= 11 is 5.63. The number of amides is 1. The number of primary amides is 1. The molecule has 0 saturated carbocycles. The summed E-state index contributed by atoms with van der Waals surface area (Å²) in [5, 5.41) is 3.52. The summed E-state index contributed by atoms with van der Waals surface area (Å²) < 4.78 is 0. The predicted molar refractivity (Wildman–Crippen MR) is 58.6 cm³/mol. The number of unbranched alkanes of at least 4 members (excludes halogenated alkanes) is 1. The minimum absolute atomic E-state index is 0.266. The van der Waals surface area contributed by atoms with E-state index in [0.29, 0.717) is 17.4 Å². The molecule has 15 heavy (non-hydrogen) atoms. The number of nitrogens with zero attached hydrogens (tertiary/aromatic N) is 2. The highest BCUT2D eigenvalue weighted by Gasteiger charge is 1.96. The zero-order valence-electron chi connectivity index (χ0n) is 8.24. The van der Waals surface area contributed by atoms with Crippen molar-refractivity contribution in [1.82, 2.24) is 9.97 Å². The molecule has 1 aromatic rings. The molecule has 82 valence electrons. The van der Waals surface area contributed by atoms with Crippen LogP contribution < -0.4 is 11.1 Å². The van der Waals surface area contributed by atoms with Crippen LogP contribution in [0.25, 0.3) is 0 Å². The molecule has 0 atom stereocenters. The Morgan fingerprint density at radius 3 is 2.67 bits per heavy atom. The molecule has 0 aliphatic heterocycles. The molecule has 6 heteroatoms. The van der Waals surface area contributed by atoms with Crippen molar-refractivity contribution in [2.75, 3.05) is 11.9 Å². The molecule has 1 heterocycles. The fraction of sp³-hybridized carbons (Fsp3) is 0.444. The zero-order valence-corrected chi connectivity index (χ0v) is 9.00. The Bertz CT molecular complexity index is 314. The number of hydrogen-bond donors (Lipinski definition) is 2. The van der Waals surface area contributed by atoms with E-state index in [1.165, 1.54) is 12.4 Å². The Kier molecular flexibility index (Phi) is 4.83. The van der Waals surface area contributed by atoms with Gasteiger partial charge >= 0.3 is 0 Å². The van der Waals surface area contributed by atoms with Crippen LogP contribution in [0.3, 0.4) is 0 Å². The highest BCUT2D eigenvalue weighted by molar-refractivity contribution is 6.30. The Morgan fingerprint density at radius 1 is 1.40 bits per heavy atom. The van der Waals surface area contributed by atoms with Crippen LogP contribution in [-0.2, 0) is 4.79 Å². The van der Waals surface area contributed by atoms with E-state index in [0.717, 1.165) is 19.4 Å². The first-order valence-electron chi connectivity index (χ1n) is 4.68. The molecule has 0 aromatic carbocycles. The molecule has 5 nitrogen and oxygen atoms in total. The van der Waals surface area contributed by atoms with Gasteiger partial charge in [-0.05, 0) is 12.8 Å². The largest absolute Gasteiger partial charge is 0.370 e. The first-order valence-corrected chi connectivity index (χ1v) is 5.06. The zero-order chi connectivity index (χ0) is 11.1. The van der Waals surface area contributed by atoms with Crippen LogP contribution in [0, 0.1) is 0 Å². The molecule has 3 N–H and O–H groups in total.